The fourth-order valence-corrected chi connectivity index (χ4v) is 2.86. The average molecular weight is 328 g/mol. The minimum Gasteiger partial charge on any atom is -0.492 e. The second kappa shape index (κ2) is 6.28. The van der Waals surface area contributed by atoms with E-state index in [9.17, 15) is 4.79 Å². The highest BCUT2D eigenvalue weighted by molar-refractivity contribution is 9.10. The summed E-state index contributed by atoms with van der Waals surface area (Å²) in [4.78, 5) is 14.2. The van der Waals surface area contributed by atoms with Crippen LogP contribution in [0.25, 0.3) is 0 Å². The molecule has 1 saturated heterocycles. The van der Waals surface area contributed by atoms with E-state index in [-0.39, 0.29) is 5.91 Å². The van der Waals surface area contributed by atoms with Crippen LogP contribution in [0.3, 0.4) is 0 Å². The lowest BCUT2D eigenvalue weighted by Crippen LogP contribution is -2.27. The highest BCUT2D eigenvalue weighted by atomic mass is 79.9. The first-order valence-corrected chi connectivity index (χ1v) is 7.26. The van der Waals surface area contributed by atoms with E-state index >= 15 is 0 Å². The molecule has 0 aromatic heterocycles. The molecule has 0 unspecified atom stereocenters. The molecule has 0 bridgehead atoms. The van der Waals surface area contributed by atoms with Crippen molar-refractivity contribution in [3.05, 3.63) is 22.2 Å². The van der Waals surface area contributed by atoms with E-state index in [0.717, 1.165) is 30.4 Å². The predicted molar refractivity (Wildman–Crippen MR) is 77.0 cm³/mol. The van der Waals surface area contributed by atoms with Gasteiger partial charge in [-0.15, -0.1) is 0 Å². The number of halogens is 1. The zero-order valence-corrected chi connectivity index (χ0v) is 12.8. The van der Waals surface area contributed by atoms with Gasteiger partial charge in [-0.2, -0.15) is 0 Å². The number of carbonyl (C=O) groups is 1. The van der Waals surface area contributed by atoms with Crippen molar-refractivity contribution >= 4 is 21.8 Å². The van der Waals surface area contributed by atoms with Gasteiger partial charge in [-0.25, -0.2) is 0 Å². The van der Waals surface area contributed by atoms with E-state index in [2.05, 4.69) is 15.9 Å². The molecule has 0 radical (unpaired) electrons. The van der Waals surface area contributed by atoms with Gasteiger partial charge in [0.1, 0.15) is 0 Å². The lowest BCUT2D eigenvalue weighted by Gasteiger charge is -2.17. The molecule has 2 rings (SSSR count). The third kappa shape index (κ3) is 3.03. The van der Waals surface area contributed by atoms with Crippen LogP contribution in [-0.4, -0.2) is 37.6 Å². The first-order valence-electron chi connectivity index (χ1n) is 6.47. The summed E-state index contributed by atoms with van der Waals surface area (Å²) in [6, 6.07) is 3.55. The summed E-state index contributed by atoms with van der Waals surface area (Å²) in [6.07, 6.45) is 2.17. The number of benzene rings is 1. The molecular weight excluding hydrogens is 310 g/mol. The molecular formula is C14H18BrNO3. The lowest BCUT2D eigenvalue weighted by molar-refractivity contribution is 0.0792. The Morgan fingerprint density at radius 2 is 2.05 bits per heavy atom. The Labute approximate surface area is 121 Å². The molecule has 1 amide bonds. The van der Waals surface area contributed by atoms with Gasteiger partial charge >= 0.3 is 0 Å². The standard InChI is InChI=1S/C14H18BrNO3/c1-3-19-12-9-10(8-11(15)13(12)18-2)14(17)16-6-4-5-7-16/h8-9H,3-7H2,1-2H3. The highest BCUT2D eigenvalue weighted by Crippen LogP contribution is 2.37. The molecule has 0 spiro atoms. The van der Waals surface area contributed by atoms with Crippen molar-refractivity contribution in [3.63, 3.8) is 0 Å². The molecule has 1 aliphatic heterocycles. The topological polar surface area (TPSA) is 38.8 Å². The SMILES string of the molecule is CCOc1cc(C(=O)N2CCCC2)cc(Br)c1OC. The lowest BCUT2D eigenvalue weighted by atomic mass is 10.1. The zero-order chi connectivity index (χ0) is 13.8. The minimum atomic E-state index is 0.0572. The maximum atomic E-state index is 12.4. The number of hydrogen-bond acceptors (Lipinski definition) is 3. The third-order valence-corrected chi connectivity index (χ3v) is 3.74. The smallest absolute Gasteiger partial charge is 0.254 e. The Morgan fingerprint density at radius 1 is 1.37 bits per heavy atom. The maximum Gasteiger partial charge on any atom is 0.254 e. The summed E-state index contributed by atoms with van der Waals surface area (Å²) in [7, 11) is 1.59. The Morgan fingerprint density at radius 3 is 2.63 bits per heavy atom. The van der Waals surface area contributed by atoms with Gasteiger partial charge < -0.3 is 14.4 Å². The van der Waals surface area contributed by atoms with Crippen LogP contribution in [-0.2, 0) is 0 Å². The van der Waals surface area contributed by atoms with Crippen molar-refractivity contribution in [2.24, 2.45) is 0 Å². The van der Waals surface area contributed by atoms with Gasteiger partial charge in [0.2, 0.25) is 0 Å². The van der Waals surface area contributed by atoms with Crippen LogP contribution in [0, 0.1) is 0 Å². The minimum absolute atomic E-state index is 0.0572. The predicted octanol–water partition coefficient (Wildman–Crippen LogP) is 3.09. The summed E-state index contributed by atoms with van der Waals surface area (Å²) < 4.78 is 11.6. The quantitative estimate of drug-likeness (QED) is 0.853. The van der Waals surface area contributed by atoms with Crippen molar-refractivity contribution < 1.29 is 14.3 Å². The summed E-state index contributed by atoms with van der Waals surface area (Å²) in [5.74, 6) is 1.28. The molecule has 1 aromatic carbocycles. The van der Waals surface area contributed by atoms with E-state index < -0.39 is 0 Å². The van der Waals surface area contributed by atoms with E-state index in [1.165, 1.54) is 0 Å². The van der Waals surface area contributed by atoms with Crippen LogP contribution in [0.1, 0.15) is 30.1 Å². The van der Waals surface area contributed by atoms with Gasteiger partial charge in [0.25, 0.3) is 5.91 Å². The summed E-state index contributed by atoms with van der Waals surface area (Å²) >= 11 is 3.43. The Bertz CT molecular complexity index is 470. The fourth-order valence-electron chi connectivity index (χ4n) is 2.26. The van der Waals surface area contributed by atoms with Crippen LogP contribution in [0.4, 0.5) is 0 Å². The van der Waals surface area contributed by atoms with Gasteiger partial charge in [-0.05, 0) is 47.8 Å². The number of methoxy groups -OCH3 is 1. The molecule has 0 N–H and O–H groups in total. The molecule has 0 aliphatic carbocycles. The molecule has 1 heterocycles. The van der Waals surface area contributed by atoms with Crippen molar-refractivity contribution in [1.29, 1.82) is 0 Å². The van der Waals surface area contributed by atoms with E-state index in [1.807, 2.05) is 11.8 Å². The number of amides is 1. The average Bonchev–Trinajstić information content (AvgIpc) is 2.91. The Hall–Kier alpha value is -1.23. The maximum absolute atomic E-state index is 12.4. The second-order valence-electron chi connectivity index (χ2n) is 4.42. The molecule has 0 atom stereocenters. The van der Waals surface area contributed by atoms with E-state index in [1.54, 1.807) is 19.2 Å². The van der Waals surface area contributed by atoms with Crippen LogP contribution in [0.5, 0.6) is 11.5 Å². The highest BCUT2D eigenvalue weighted by Gasteiger charge is 2.22. The Balaban J connectivity index is 2.32. The second-order valence-corrected chi connectivity index (χ2v) is 5.28. The van der Waals surface area contributed by atoms with Gasteiger partial charge in [-0.3, -0.25) is 4.79 Å². The Kier molecular flexibility index (Phi) is 4.69. The van der Waals surface area contributed by atoms with Gasteiger partial charge in [0.15, 0.2) is 11.5 Å². The molecule has 104 valence electrons. The fraction of sp³-hybridized carbons (Fsp3) is 0.500. The number of likely N-dealkylation sites (tertiary alicyclic amines) is 1. The van der Waals surface area contributed by atoms with Gasteiger partial charge in [0.05, 0.1) is 18.2 Å². The van der Waals surface area contributed by atoms with Crippen molar-refractivity contribution in [2.45, 2.75) is 19.8 Å². The van der Waals surface area contributed by atoms with E-state index in [0.29, 0.717) is 23.7 Å². The number of hydrogen-bond donors (Lipinski definition) is 0. The summed E-state index contributed by atoms with van der Waals surface area (Å²) in [5.41, 5.74) is 0.637. The van der Waals surface area contributed by atoms with Gasteiger partial charge in [-0.1, -0.05) is 0 Å². The first kappa shape index (κ1) is 14.2. The monoisotopic (exact) mass is 327 g/mol. The summed E-state index contributed by atoms with van der Waals surface area (Å²) in [5, 5.41) is 0. The molecule has 5 heteroatoms. The number of nitrogens with zero attached hydrogens (tertiary/aromatic N) is 1. The summed E-state index contributed by atoms with van der Waals surface area (Å²) in [6.45, 7) is 4.12. The molecule has 1 fully saturated rings. The molecule has 19 heavy (non-hydrogen) atoms. The van der Waals surface area contributed by atoms with Crippen molar-refractivity contribution in [3.8, 4) is 11.5 Å². The van der Waals surface area contributed by atoms with E-state index in [4.69, 9.17) is 9.47 Å². The first-order chi connectivity index (χ1) is 9.17. The zero-order valence-electron chi connectivity index (χ0n) is 11.2. The van der Waals surface area contributed by atoms with Gasteiger partial charge in [0, 0.05) is 18.7 Å². The molecule has 0 saturated carbocycles. The van der Waals surface area contributed by atoms with Crippen LogP contribution in [0.15, 0.2) is 16.6 Å². The molecule has 4 nitrogen and oxygen atoms in total. The number of ether oxygens (including phenoxy) is 2. The number of rotatable bonds is 4. The van der Waals surface area contributed by atoms with Crippen LogP contribution >= 0.6 is 15.9 Å². The van der Waals surface area contributed by atoms with Crippen molar-refractivity contribution in [2.75, 3.05) is 26.8 Å². The third-order valence-electron chi connectivity index (χ3n) is 3.15. The number of carbonyl (C=O) groups excluding carboxylic acids is 1. The normalized spacial score (nSPS) is 14.6. The molecule has 1 aromatic rings. The van der Waals surface area contributed by atoms with Crippen LogP contribution in [0.2, 0.25) is 0 Å². The van der Waals surface area contributed by atoms with Crippen LogP contribution < -0.4 is 9.47 Å². The largest absolute Gasteiger partial charge is 0.492 e. The van der Waals surface area contributed by atoms with Crippen molar-refractivity contribution in [1.82, 2.24) is 4.90 Å². The molecule has 1 aliphatic rings.